The van der Waals surface area contributed by atoms with Gasteiger partial charge in [0.2, 0.25) is 2.88 Å². The minimum atomic E-state index is -5.19. The number of aryl methyl sites for hydroxylation is 1. The maximum absolute atomic E-state index is 10.5. The largest absolute Gasteiger partial charge is 0.542 e. The van der Waals surface area contributed by atoms with E-state index in [1.54, 1.807) is 2.88 Å². The Balaban J connectivity index is 0.000000246. The normalized spacial score (nSPS) is 10.6. The van der Waals surface area contributed by atoms with Crippen LogP contribution in [0, 0.1) is 13.4 Å². The molecule has 0 spiro atoms. The van der Waals surface area contributed by atoms with E-state index >= 15 is 0 Å². The number of hydrogen-bond donors (Lipinski definition) is 0. The molecule has 0 aliphatic rings. The lowest BCUT2D eigenvalue weighted by Crippen LogP contribution is -3.61. The molecule has 0 aliphatic heterocycles. The number of rotatable bonds is 2. The van der Waals surface area contributed by atoms with Gasteiger partial charge < -0.3 is 9.90 Å². The molecule has 1 heterocycles. The molecule has 0 amide bonds. The van der Waals surface area contributed by atoms with Crippen LogP contribution in [0.3, 0.4) is 0 Å². The lowest BCUT2D eigenvalue weighted by atomic mass is 10.2. The van der Waals surface area contributed by atoms with Crippen molar-refractivity contribution < 1.29 is 44.3 Å². The first kappa shape index (κ1) is 17.0. The number of carbonyl (C=O) groups excluding carboxylic acids is 1. The molecule has 108 valence electrons. The predicted octanol–water partition coefficient (Wildman–Crippen LogP) is -0.516. The highest BCUT2D eigenvalue weighted by Gasteiger charge is 2.28. The summed E-state index contributed by atoms with van der Waals surface area (Å²) in [6.07, 6.45) is -5.19. The summed E-state index contributed by atoms with van der Waals surface area (Å²) in [5, 5.41) is 10.9. The van der Waals surface area contributed by atoms with Gasteiger partial charge in [-0.15, -0.1) is 0 Å². The zero-order valence-corrected chi connectivity index (χ0v) is 13.3. The smallest absolute Gasteiger partial charge is 0.430 e. The number of benzene rings is 1. The first-order valence-electron chi connectivity index (χ1n) is 5.32. The topological polar surface area (TPSA) is 40.1 Å². The van der Waals surface area contributed by atoms with E-state index in [1.807, 2.05) is 11.3 Å². The van der Waals surface area contributed by atoms with E-state index in [2.05, 4.69) is 48.7 Å². The standard InChI is InChI=1S/C11H10IS.C2HF3O2/c1-9-4-6-10(7-5-9)12-11-3-2-8-13-11;3-2(4,5)1(6)7/h2-8H,1H3;(H,6,7)/q+1;/p-1. The molecule has 2 aromatic rings. The van der Waals surface area contributed by atoms with Crippen molar-refractivity contribution in [1.82, 2.24) is 0 Å². The van der Waals surface area contributed by atoms with Crippen LogP contribution in [0.4, 0.5) is 13.2 Å². The molecule has 0 radical (unpaired) electrons. The van der Waals surface area contributed by atoms with Gasteiger partial charge >= 0.3 is 27.4 Å². The summed E-state index contributed by atoms with van der Waals surface area (Å²) in [6.45, 7) is 2.13. The summed E-state index contributed by atoms with van der Waals surface area (Å²) >= 11 is 1.94. The number of thiophene rings is 1. The molecular formula is C13H10F3IO2S. The van der Waals surface area contributed by atoms with Crippen molar-refractivity contribution in [2.45, 2.75) is 13.1 Å². The monoisotopic (exact) mass is 414 g/mol. The van der Waals surface area contributed by atoms with Gasteiger partial charge in [-0.25, -0.2) is 0 Å². The number of carboxylic acids is 1. The van der Waals surface area contributed by atoms with Gasteiger partial charge in [-0.1, -0.05) is 29.0 Å². The summed E-state index contributed by atoms with van der Waals surface area (Å²) in [5.41, 5.74) is 1.35. The zero-order valence-electron chi connectivity index (χ0n) is 10.3. The van der Waals surface area contributed by atoms with Crippen LogP contribution in [0.2, 0.25) is 0 Å². The molecule has 7 heteroatoms. The fraction of sp³-hybridized carbons (Fsp3) is 0.154. The summed E-state index contributed by atoms with van der Waals surface area (Å²) in [6, 6.07) is 13.3. The van der Waals surface area contributed by atoms with Crippen LogP contribution in [0.5, 0.6) is 0 Å². The van der Waals surface area contributed by atoms with Gasteiger partial charge in [-0.2, -0.15) is 13.2 Å². The molecule has 0 unspecified atom stereocenters. The van der Waals surface area contributed by atoms with Crippen molar-refractivity contribution in [2.75, 3.05) is 0 Å². The quantitative estimate of drug-likeness (QED) is 0.621. The van der Waals surface area contributed by atoms with Gasteiger partial charge in [0.1, 0.15) is 5.97 Å². The Morgan fingerprint density at radius 2 is 1.75 bits per heavy atom. The van der Waals surface area contributed by atoms with Crippen LogP contribution in [-0.4, -0.2) is 12.1 Å². The van der Waals surface area contributed by atoms with Crippen LogP contribution in [-0.2, 0) is 4.79 Å². The molecule has 0 aliphatic carbocycles. The number of aliphatic carboxylic acids is 1. The van der Waals surface area contributed by atoms with Crippen LogP contribution in [0.25, 0.3) is 0 Å². The Hall–Kier alpha value is -1.09. The third kappa shape index (κ3) is 6.38. The van der Waals surface area contributed by atoms with Gasteiger partial charge in [0.25, 0.3) is 0 Å². The van der Waals surface area contributed by atoms with Crippen molar-refractivity contribution in [3.63, 3.8) is 0 Å². The van der Waals surface area contributed by atoms with Gasteiger partial charge in [-0.3, -0.25) is 0 Å². The number of alkyl halides is 3. The number of carboxylic acid groups (broad SMARTS) is 1. The lowest BCUT2D eigenvalue weighted by Gasteiger charge is -2.03. The van der Waals surface area contributed by atoms with E-state index in [0.29, 0.717) is 0 Å². The maximum Gasteiger partial charge on any atom is 0.430 e. The molecule has 20 heavy (non-hydrogen) atoms. The Labute approximate surface area is 128 Å². The zero-order chi connectivity index (χ0) is 15.2. The molecule has 0 saturated carbocycles. The molecule has 0 fully saturated rings. The van der Waals surface area contributed by atoms with Crippen molar-refractivity contribution in [3.05, 3.63) is 53.8 Å². The fourth-order valence-electron chi connectivity index (χ4n) is 1.02. The van der Waals surface area contributed by atoms with Crippen LogP contribution >= 0.6 is 11.3 Å². The molecular weight excluding hydrogens is 404 g/mol. The van der Waals surface area contributed by atoms with Crippen molar-refractivity contribution in [3.8, 4) is 0 Å². The third-order valence-corrected chi connectivity index (χ3v) is 6.10. The van der Waals surface area contributed by atoms with Crippen LogP contribution in [0.1, 0.15) is 5.56 Å². The van der Waals surface area contributed by atoms with E-state index in [4.69, 9.17) is 9.90 Å². The molecule has 2 nitrogen and oxygen atoms in total. The van der Waals surface area contributed by atoms with Gasteiger partial charge in [-0.05, 0) is 30.5 Å². The molecule has 1 aromatic carbocycles. The summed E-state index contributed by atoms with van der Waals surface area (Å²) in [7, 11) is 0. The van der Waals surface area contributed by atoms with Crippen molar-refractivity contribution >= 4 is 17.3 Å². The van der Waals surface area contributed by atoms with E-state index in [9.17, 15) is 13.2 Å². The second kappa shape index (κ2) is 7.63. The average Bonchev–Trinajstić information content (AvgIpc) is 2.84. The van der Waals surface area contributed by atoms with Gasteiger partial charge in [0.15, 0.2) is 3.57 Å². The molecule has 0 bridgehead atoms. The minimum absolute atomic E-state index is 0.0720. The highest BCUT2D eigenvalue weighted by molar-refractivity contribution is 7.07. The average molecular weight is 414 g/mol. The SMILES string of the molecule is Cc1ccc([I+]c2cccs2)cc1.O=C([O-])C(F)(F)F. The van der Waals surface area contributed by atoms with Crippen LogP contribution < -0.4 is 26.3 Å². The van der Waals surface area contributed by atoms with Gasteiger partial charge in [0.05, 0.1) is 0 Å². The number of carbonyl (C=O) groups is 1. The number of hydrogen-bond acceptors (Lipinski definition) is 3. The lowest BCUT2D eigenvalue weighted by molar-refractivity contribution is -0.591. The Bertz CT molecular complexity index is 536. The Morgan fingerprint density at radius 3 is 2.15 bits per heavy atom. The molecule has 2 rings (SSSR count). The van der Waals surface area contributed by atoms with Crippen molar-refractivity contribution in [2.24, 2.45) is 0 Å². The molecule has 0 atom stereocenters. The van der Waals surface area contributed by atoms with Crippen LogP contribution in [0.15, 0.2) is 41.8 Å². The number of halogens is 4. The maximum atomic E-state index is 10.5. The summed E-state index contributed by atoms with van der Waals surface area (Å²) in [5.74, 6) is -3.01. The highest BCUT2D eigenvalue weighted by atomic mass is 127. The van der Waals surface area contributed by atoms with E-state index in [1.165, 1.54) is 9.13 Å². The Kier molecular flexibility index (Phi) is 6.47. The summed E-state index contributed by atoms with van der Waals surface area (Å²) in [4.78, 5) is 8.78. The molecule has 0 saturated heterocycles. The van der Waals surface area contributed by atoms with Gasteiger partial charge in [0, 0.05) is 6.07 Å². The molecule has 1 aromatic heterocycles. The second-order valence-electron chi connectivity index (χ2n) is 3.59. The van der Waals surface area contributed by atoms with E-state index in [-0.39, 0.29) is 21.2 Å². The summed E-state index contributed by atoms with van der Waals surface area (Å²) < 4.78 is 34.6. The first-order valence-corrected chi connectivity index (χ1v) is 8.36. The van der Waals surface area contributed by atoms with Crippen molar-refractivity contribution in [1.29, 1.82) is 0 Å². The first-order chi connectivity index (χ1) is 9.29. The Morgan fingerprint density at radius 1 is 1.20 bits per heavy atom. The predicted molar refractivity (Wildman–Crippen MR) is 64.0 cm³/mol. The van der Waals surface area contributed by atoms with E-state index < -0.39 is 12.1 Å². The second-order valence-corrected chi connectivity index (χ2v) is 8.22. The minimum Gasteiger partial charge on any atom is -0.542 e. The molecule has 0 N–H and O–H groups in total. The third-order valence-electron chi connectivity index (χ3n) is 1.93. The highest BCUT2D eigenvalue weighted by Crippen LogP contribution is 2.11. The fourth-order valence-corrected chi connectivity index (χ4v) is 4.64. The van der Waals surface area contributed by atoms with E-state index in [0.717, 1.165) is 0 Å².